The van der Waals surface area contributed by atoms with E-state index in [9.17, 15) is 19.7 Å². The molecular formula is C17H25N3O5. The van der Waals surface area contributed by atoms with E-state index >= 15 is 0 Å². The molecule has 0 aliphatic rings. The third kappa shape index (κ3) is 4.91. The molecule has 25 heavy (non-hydrogen) atoms. The van der Waals surface area contributed by atoms with Gasteiger partial charge >= 0.3 is 5.97 Å². The zero-order valence-corrected chi connectivity index (χ0v) is 15.4. The van der Waals surface area contributed by atoms with Crippen LogP contribution in [-0.2, 0) is 9.53 Å². The molecule has 8 heteroatoms. The first-order valence-corrected chi connectivity index (χ1v) is 8.09. The number of amides is 1. The molecule has 1 aromatic rings. The smallest absolute Gasteiger partial charge is 0.341 e. The molecule has 0 bridgehead atoms. The molecular weight excluding hydrogens is 326 g/mol. The van der Waals surface area contributed by atoms with Crippen LogP contribution >= 0.6 is 0 Å². The zero-order valence-electron chi connectivity index (χ0n) is 15.4. The average Bonchev–Trinajstić information content (AvgIpc) is 2.53. The summed E-state index contributed by atoms with van der Waals surface area (Å²) in [5.41, 5.74) is 0.174. The fourth-order valence-electron chi connectivity index (χ4n) is 2.62. The molecule has 0 heterocycles. The minimum atomic E-state index is -0.999. The Kier molecular flexibility index (Phi) is 6.90. The Bertz CT molecular complexity index is 650. The van der Waals surface area contributed by atoms with Gasteiger partial charge in [0.2, 0.25) is 0 Å². The number of anilines is 1. The Labute approximate surface area is 147 Å². The highest BCUT2D eigenvalue weighted by Crippen LogP contribution is 2.23. The van der Waals surface area contributed by atoms with Crippen molar-refractivity contribution in [3.63, 3.8) is 0 Å². The van der Waals surface area contributed by atoms with Crippen molar-refractivity contribution in [2.75, 3.05) is 12.4 Å². The number of benzene rings is 1. The number of rotatable bonds is 7. The van der Waals surface area contributed by atoms with Crippen molar-refractivity contribution in [1.82, 2.24) is 4.90 Å². The van der Waals surface area contributed by atoms with Crippen LogP contribution in [0.3, 0.4) is 0 Å². The van der Waals surface area contributed by atoms with Crippen LogP contribution in [0.5, 0.6) is 0 Å². The second-order valence-electron chi connectivity index (χ2n) is 6.22. The van der Waals surface area contributed by atoms with Gasteiger partial charge in [0.25, 0.3) is 11.6 Å². The third-order valence-electron chi connectivity index (χ3n) is 3.70. The number of nitrogens with zero attached hydrogens (tertiary/aromatic N) is 2. The number of non-ortho nitro benzene ring substituents is 1. The minimum absolute atomic E-state index is 0.0111. The topological polar surface area (TPSA) is 102 Å². The Morgan fingerprint density at radius 3 is 2.16 bits per heavy atom. The molecule has 0 radical (unpaired) electrons. The number of esters is 1. The lowest BCUT2D eigenvalue weighted by Crippen LogP contribution is -2.47. The molecule has 0 unspecified atom stereocenters. The van der Waals surface area contributed by atoms with Gasteiger partial charge in [-0.05, 0) is 40.7 Å². The van der Waals surface area contributed by atoms with Gasteiger partial charge in [0.05, 0.1) is 10.5 Å². The van der Waals surface area contributed by atoms with Crippen molar-refractivity contribution < 1.29 is 19.2 Å². The van der Waals surface area contributed by atoms with E-state index in [1.807, 2.05) is 27.7 Å². The van der Waals surface area contributed by atoms with Crippen LogP contribution in [0.15, 0.2) is 18.2 Å². The van der Waals surface area contributed by atoms with E-state index in [2.05, 4.69) is 5.32 Å². The molecule has 1 amide bonds. The third-order valence-corrected chi connectivity index (χ3v) is 3.70. The summed E-state index contributed by atoms with van der Waals surface area (Å²) in [6.45, 7) is 9.02. The summed E-state index contributed by atoms with van der Waals surface area (Å²) in [5, 5.41) is 13.7. The van der Waals surface area contributed by atoms with Crippen molar-refractivity contribution in [3.05, 3.63) is 33.9 Å². The van der Waals surface area contributed by atoms with Crippen molar-refractivity contribution in [2.45, 2.75) is 52.8 Å². The largest absolute Gasteiger partial charge is 0.449 e. The molecule has 1 rings (SSSR count). The van der Waals surface area contributed by atoms with Crippen LogP contribution in [0, 0.1) is 10.1 Å². The van der Waals surface area contributed by atoms with Gasteiger partial charge in [-0.25, -0.2) is 4.79 Å². The second-order valence-corrected chi connectivity index (χ2v) is 6.22. The van der Waals surface area contributed by atoms with Crippen molar-refractivity contribution >= 4 is 23.3 Å². The molecule has 0 spiro atoms. The van der Waals surface area contributed by atoms with E-state index in [0.29, 0.717) is 5.69 Å². The summed E-state index contributed by atoms with van der Waals surface area (Å²) < 4.78 is 5.26. The van der Waals surface area contributed by atoms with Gasteiger partial charge in [0.15, 0.2) is 6.10 Å². The minimum Gasteiger partial charge on any atom is -0.449 e. The number of hydrogen-bond donors (Lipinski definition) is 1. The van der Waals surface area contributed by atoms with Gasteiger partial charge < -0.3 is 15.0 Å². The Balaban J connectivity index is 3.03. The van der Waals surface area contributed by atoms with Gasteiger partial charge in [-0.2, -0.15) is 0 Å². The highest BCUT2D eigenvalue weighted by molar-refractivity contribution is 5.98. The van der Waals surface area contributed by atoms with Crippen LogP contribution in [0.1, 0.15) is 45.0 Å². The molecule has 0 aromatic heterocycles. The predicted octanol–water partition coefficient (Wildman–Crippen LogP) is 2.83. The average molecular weight is 351 g/mol. The SMILES string of the molecule is CNc1ccc([N+](=O)[O-])cc1C(=O)O[C@H](C)C(=O)N(C(C)C)C(C)C. The molecule has 0 saturated heterocycles. The van der Waals surface area contributed by atoms with E-state index in [1.165, 1.54) is 19.1 Å². The first-order valence-electron chi connectivity index (χ1n) is 8.09. The lowest BCUT2D eigenvalue weighted by Gasteiger charge is -2.32. The predicted molar refractivity (Wildman–Crippen MR) is 94.6 cm³/mol. The molecule has 1 atom stereocenters. The first kappa shape index (κ1) is 20.4. The maximum Gasteiger partial charge on any atom is 0.341 e. The number of carbonyl (C=O) groups excluding carboxylic acids is 2. The number of ether oxygens (including phenoxy) is 1. The van der Waals surface area contributed by atoms with Gasteiger partial charge in [-0.15, -0.1) is 0 Å². The molecule has 0 fully saturated rings. The maximum atomic E-state index is 12.5. The van der Waals surface area contributed by atoms with E-state index in [4.69, 9.17) is 4.74 Å². The second kappa shape index (κ2) is 8.46. The summed E-state index contributed by atoms with van der Waals surface area (Å²) in [5.74, 6) is -1.10. The van der Waals surface area contributed by atoms with Crippen LogP contribution in [-0.4, -0.2) is 46.9 Å². The summed E-state index contributed by atoms with van der Waals surface area (Å²) in [6, 6.07) is 3.76. The van der Waals surface area contributed by atoms with Crippen molar-refractivity contribution in [1.29, 1.82) is 0 Å². The molecule has 0 aliphatic heterocycles. The van der Waals surface area contributed by atoms with E-state index in [1.54, 1.807) is 11.9 Å². The Hall–Kier alpha value is -2.64. The fourth-order valence-corrected chi connectivity index (χ4v) is 2.62. The fraction of sp³-hybridized carbons (Fsp3) is 0.529. The molecule has 8 nitrogen and oxygen atoms in total. The molecule has 1 aromatic carbocycles. The normalized spacial score (nSPS) is 12.0. The van der Waals surface area contributed by atoms with Crippen LogP contribution in [0.25, 0.3) is 0 Å². The van der Waals surface area contributed by atoms with Gasteiger partial charge in [-0.3, -0.25) is 14.9 Å². The summed E-state index contributed by atoms with van der Waals surface area (Å²) in [4.78, 5) is 36.9. The number of nitro groups is 1. The first-order chi connectivity index (χ1) is 11.6. The van der Waals surface area contributed by atoms with E-state index < -0.39 is 17.0 Å². The lowest BCUT2D eigenvalue weighted by atomic mass is 10.1. The highest BCUT2D eigenvalue weighted by atomic mass is 16.6. The monoisotopic (exact) mass is 351 g/mol. The molecule has 1 N–H and O–H groups in total. The highest BCUT2D eigenvalue weighted by Gasteiger charge is 2.29. The number of hydrogen-bond acceptors (Lipinski definition) is 6. The van der Waals surface area contributed by atoms with E-state index in [0.717, 1.165) is 6.07 Å². The summed E-state index contributed by atoms with van der Waals surface area (Å²) in [6.07, 6.45) is -0.999. The molecule has 0 aliphatic carbocycles. The molecule has 138 valence electrons. The van der Waals surface area contributed by atoms with Crippen molar-refractivity contribution in [2.24, 2.45) is 0 Å². The summed E-state index contributed by atoms with van der Waals surface area (Å²) >= 11 is 0. The van der Waals surface area contributed by atoms with Gasteiger partial charge in [-0.1, -0.05) is 0 Å². The number of nitro benzene ring substituents is 1. The van der Waals surface area contributed by atoms with E-state index in [-0.39, 0.29) is 29.2 Å². The quantitative estimate of drug-likeness (QED) is 0.460. The molecule has 0 saturated carbocycles. The standard InChI is InChI=1S/C17H25N3O5/c1-10(2)19(11(3)4)16(21)12(5)25-17(22)14-9-13(20(23)24)7-8-15(14)18-6/h7-12,18H,1-6H3/t12-/m1/s1. The summed E-state index contributed by atoms with van der Waals surface area (Å²) in [7, 11) is 1.59. The number of nitrogens with one attached hydrogen (secondary N) is 1. The van der Waals surface area contributed by atoms with Crippen molar-refractivity contribution in [3.8, 4) is 0 Å². The van der Waals surface area contributed by atoms with Crippen LogP contribution in [0.4, 0.5) is 11.4 Å². The van der Waals surface area contributed by atoms with Gasteiger partial charge in [0.1, 0.15) is 0 Å². The van der Waals surface area contributed by atoms with Gasteiger partial charge in [0, 0.05) is 37.0 Å². The van der Waals surface area contributed by atoms with Crippen LogP contribution in [0.2, 0.25) is 0 Å². The lowest BCUT2D eigenvalue weighted by molar-refractivity contribution is -0.384. The zero-order chi connectivity index (χ0) is 19.3. The Morgan fingerprint density at radius 1 is 1.16 bits per heavy atom. The number of carbonyl (C=O) groups is 2. The van der Waals surface area contributed by atoms with Crippen LogP contribution < -0.4 is 5.32 Å². The Morgan fingerprint density at radius 2 is 1.72 bits per heavy atom. The maximum absolute atomic E-state index is 12.5.